The van der Waals surface area contributed by atoms with Crippen LogP contribution >= 0.6 is 0 Å². The van der Waals surface area contributed by atoms with Crippen molar-refractivity contribution in [3.05, 3.63) is 42.2 Å². The molecule has 0 fully saturated rings. The van der Waals surface area contributed by atoms with Crippen LogP contribution in [-0.4, -0.2) is 17.6 Å². The van der Waals surface area contributed by atoms with E-state index in [0.29, 0.717) is 11.8 Å². The molecule has 102 valence electrons. The fourth-order valence-electron chi connectivity index (χ4n) is 1.80. The molecule has 1 N–H and O–H groups in total. The number of halogens is 1. The molecule has 4 heteroatoms. The summed E-state index contributed by atoms with van der Waals surface area (Å²) in [5, 5.41) is 3.35. The third-order valence-electron chi connectivity index (χ3n) is 2.80. The van der Waals surface area contributed by atoms with E-state index in [1.54, 1.807) is 18.3 Å². The highest BCUT2D eigenvalue weighted by Gasteiger charge is 2.06. The standard InChI is InChI=1S/C15H19FN2O/c1-11(2)17-9-3-4-15-18-10-14(19-15)12-5-7-13(16)8-6-12/h5-8,10-11,17H,3-4,9H2,1-2H3. The van der Waals surface area contributed by atoms with E-state index < -0.39 is 0 Å². The van der Waals surface area contributed by atoms with Gasteiger partial charge in [-0.3, -0.25) is 0 Å². The second-order valence-electron chi connectivity index (χ2n) is 4.84. The Balaban J connectivity index is 1.90. The summed E-state index contributed by atoms with van der Waals surface area (Å²) in [7, 11) is 0. The van der Waals surface area contributed by atoms with Crippen molar-refractivity contribution in [2.24, 2.45) is 0 Å². The van der Waals surface area contributed by atoms with Gasteiger partial charge in [-0.2, -0.15) is 0 Å². The molecule has 2 aromatic rings. The molecule has 1 aromatic carbocycles. The molecule has 0 saturated carbocycles. The van der Waals surface area contributed by atoms with Crippen molar-refractivity contribution in [3.8, 4) is 11.3 Å². The maximum Gasteiger partial charge on any atom is 0.194 e. The van der Waals surface area contributed by atoms with Gasteiger partial charge < -0.3 is 9.73 Å². The molecule has 0 amide bonds. The number of nitrogens with zero attached hydrogens (tertiary/aromatic N) is 1. The number of rotatable bonds is 6. The predicted molar refractivity (Wildman–Crippen MR) is 73.4 cm³/mol. The van der Waals surface area contributed by atoms with E-state index in [-0.39, 0.29) is 5.82 Å². The molecule has 0 bridgehead atoms. The maximum atomic E-state index is 12.8. The summed E-state index contributed by atoms with van der Waals surface area (Å²) in [4.78, 5) is 4.24. The number of oxazole rings is 1. The summed E-state index contributed by atoms with van der Waals surface area (Å²) in [5.74, 6) is 1.17. The number of hydrogen-bond donors (Lipinski definition) is 1. The van der Waals surface area contributed by atoms with Crippen molar-refractivity contribution in [2.75, 3.05) is 6.54 Å². The van der Waals surface area contributed by atoms with Crippen LogP contribution in [0.3, 0.4) is 0 Å². The van der Waals surface area contributed by atoms with Gasteiger partial charge in [-0.05, 0) is 37.2 Å². The molecule has 1 heterocycles. The van der Waals surface area contributed by atoms with Gasteiger partial charge in [-0.1, -0.05) is 13.8 Å². The van der Waals surface area contributed by atoms with E-state index in [0.717, 1.165) is 30.8 Å². The maximum absolute atomic E-state index is 12.8. The lowest BCUT2D eigenvalue weighted by Gasteiger charge is -2.05. The molecular weight excluding hydrogens is 243 g/mol. The molecule has 19 heavy (non-hydrogen) atoms. The van der Waals surface area contributed by atoms with E-state index >= 15 is 0 Å². The first-order chi connectivity index (χ1) is 9.15. The van der Waals surface area contributed by atoms with Crippen LogP contribution in [0.1, 0.15) is 26.2 Å². The Morgan fingerprint density at radius 1 is 1.26 bits per heavy atom. The van der Waals surface area contributed by atoms with Gasteiger partial charge in [0.2, 0.25) is 0 Å². The van der Waals surface area contributed by atoms with E-state index in [4.69, 9.17) is 4.42 Å². The zero-order valence-corrected chi connectivity index (χ0v) is 11.3. The van der Waals surface area contributed by atoms with Crippen molar-refractivity contribution >= 4 is 0 Å². The normalized spacial score (nSPS) is 11.2. The van der Waals surface area contributed by atoms with Gasteiger partial charge >= 0.3 is 0 Å². The van der Waals surface area contributed by atoms with E-state index in [1.165, 1.54) is 12.1 Å². The zero-order chi connectivity index (χ0) is 13.7. The van der Waals surface area contributed by atoms with Crippen LogP contribution in [0.15, 0.2) is 34.9 Å². The molecule has 0 aliphatic carbocycles. The summed E-state index contributed by atoms with van der Waals surface area (Å²) in [6.07, 6.45) is 3.49. The largest absolute Gasteiger partial charge is 0.441 e. The fourth-order valence-corrected chi connectivity index (χ4v) is 1.80. The second-order valence-corrected chi connectivity index (χ2v) is 4.84. The number of aryl methyl sites for hydroxylation is 1. The average molecular weight is 262 g/mol. The highest BCUT2D eigenvalue weighted by molar-refractivity contribution is 5.55. The van der Waals surface area contributed by atoms with Crippen molar-refractivity contribution in [2.45, 2.75) is 32.7 Å². The molecule has 3 nitrogen and oxygen atoms in total. The lowest BCUT2D eigenvalue weighted by atomic mass is 10.2. The van der Waals surface area contributed by atoms with E-state index in [1.807, 2.05) is 0 Å². The fraction of sp³-hybridized carbons (Fsp3) is 0.400. The smallest absolute Gasteiger partial charge is 0.194 e. The summed E-state index contributed by atoms with van der Waals surface area (Å²) >= 11 is 0. The van der Waals surface area contributed by atoms with Crippen LogP contribution in [0.4, 0.5) is 4.39 Å². The quantitative estimate of drug-likeness (QED) is 0.811. The Labute approximate surface area is 112 Å². The predicted octanol–water partition coefficient (Wildman–Crippen LogP) is 3.41. The minimum Gasteiger partial charge on any atom is -0.441 e. The second kappa shape index (κ2) is 6.48. The van der Waals surface area contributed by atoms with Crippen molar-refractivity contribution < 1.29 is 8.81 Å². The first-order valence-electron chi connectivity index (χ1n) is 6.59. The van der Waals surface area contributed by atoms with Crippen molar-refractivity contribution in [3.63, 3.8) is 0 Å². The molecule has 0 aliphatic heterocycles. The van der Waals surface area contributed by atoms with Gasteiger partial charge in [-0.15, -0.1) is 0 Å². The van der Waals surface area contributed by atoms with Gasteiger partial charge in [0, 0.05) is 18.0 Å². The van der Waals surface area contributed by atoms with Crippen LogP contribution in [0.5, 0.6) is 0 Å². The van der Waals surface area contributed by atoms with Crippen LogP contribution in [0, 0.1) is 5.82 Å². The Morgan fingerprint density at radius 3 is 2.68 bits per heavy atom. The summed E-state index contributed by atoms with van der Waals surface area (Å²) in [5.41, 5.74) is 0.848. The van der Waals surface area contributed by atoms with E-state index in [2.05, 4.69) is 24.1 Å². The lowest BCUT2D eigenvalue weighted by molar-refractivity contribution is 0.484. The van der Waals surface area contributed by atoms with Crippen LogP contribution in [0.25, 0.3) is 11.3 Å². The third-order valence-corrected chi connectivity index (χ3v) is 2.80. The first-order valence-corrected chi connectivity index (χ1v) is 6.59. The Kier molecular flexibility index (Phi) is 4.68. The summed E-state index contributed by atoms with van der Waals surface area (Å²) in [6.45, 7) is 5.20. The third kappa shape index (κ3) is 4.17. The zero-order valence-electron chi connectivity index (χ0n) is 11.3. The SMILES string of the molecule is CC(C)NCCCc1ncc(-c2ccc(F)cc2)o1. The first kappa shape index (κ1) is 13.7. The molecular formula is C15H19FN2O. The highest BCUT2D eigenvalue weighted by Crippen LogP contribution is 2.20. The van der Waals surface area contributed by atoms with Crippen molar-refractivity contribution in [1.82, 2.24) is 10.3 Å². The summed E-state index contributed by atoms with van der Waals surface area (Å²) < 4.78 is 18.5. The Hall–Kier alpha value is -1.68. The number of benzene rings is 1. The van der Waals surface area contributed by atoms with Gasteiger partial charge in [-0.25, -0.2) is 9.37 Å². The molecule has 0 spiro atoms. The van der Waals surface area contributed by atoms with Crippen LogP contribution in [-0.2, 0) is 6.42 Å². The van der Waals surface area contributed by atoms with Gasteiger partial charge in [0.05, 0.1) is 6.20 Å². The minimum absolute atomic E-state index is 0.247. The molecule has 0 atom stereocenters. The van der Waals surface area contributed by atoms with E-state index in [9.17, 15) is 4.39 Å². The van der Waals surface area contributed by atoms with Gasteiger partial charge in [0.1, 0.15) is 5.82 Å². The molecule has 0 aliphatic rings. The molecule has 0 radical (unpaired) electrons. The Morgan fingerprint density at radius 2 is 2.00 bits per heavy atom. The molecule has 1 aromatic heterocycles. The summed E-state index contributed by atoms with van der Waals surface area (Å²) in [6, 6.07) is 6.73. The van der Waals surface area contributed by atoms with Gasteiger partial charge in [0.15, 0.2) is 11.7 Å². The molecule has 0 saturated heterocycles. The highest BCUT2D eigenvalue weighted by atomic mass is 19.1. The minimum atomic E-state index is -0.247. The topological polar surface area (TPSA) is 38.1 Å². The van der Waals surface area contributed by atoms with Crippen LogP contribution < -0.4 is 5.32 Å². The molecule has 2 rings (SSSR count). The monoisotopic (exact) mass is 262 g/mol. The van der Waals surface area contributed by atoms with Crippen LogP contribution in [0.2, 0.25) is 0 Å². The number of nitrogens with one attached hydrogen (secondary N) is 1. The van der Waals surface area contributed by atoms with Gasteiger partial charge in [0.25, 0.3) is 0 Å². The van der Waals surface area contributed by atoms with Crippen molar-refractivity contribution in [1.29, 1.82) is 0 Å². The Bertz CT molecular complexity index is 505. The number of hydrogen-bond acceptors (Lipinski definition) is 3. The number of aromatic nitrogens is 1. The average Bonchev–Trinajstić information content (AvgIpc) is 2.84. The molecule has 0 unspecified atom stereocenters. The lowest BCUT2D eigenvalue weighted by Crippen LogP contribution is -2.23.